The summed E-state index contributed by atoms with van der Waals surface area (Å²) in [6.45, 7) is 1.91. The van der Waals surface area contributed by atoms with Gasteiger partial charge in [0.2, 0.25) is 0 Å². The van der Waals surface area contributed by atoms with Crippen molar-refractivity contribution >= 4 is 11.8 Å². The van der Waals surface area contributed by atoms with Crippen molar-refractivity contribution < 1.29 is 14.7 Å². The second kappa shape index (κ2) is 10.7. The first-order chi connectivity index (χ1) is 7.66. The van der Waals surface area contributed by atoms with Crippen molar-refractivity contribution in [1.29, 1.82) is 0 Å². The van der Waals surface area contributed by atoms with Gasteiger partial charge < -0.3 is 5.11 Å². The van der Waals surface area contributed by atoms with Crippen molar-refractivity contribution in [2.75, 3.05) is 0 Å². The Morgan fingerprint density at radius 3 is 1.69 bits per heavy atom. The smallest absolute Gasteiger partial charge is 0.303 e. The second-order valence-corrected chi connectivity index (χ2v) is 4.26. The number of carboxylic acid groups (broad SMARTS) is 1. The van der Waals surface area contributed by atoms with Crippen molar-refractivity contribution in [3.8, 4) is 0 Å². The molecular weight excluding hydrogens is 204 g/mol. The Balaban J connectivity index is 3.04. The molecule has 0 aliphatic carbocycles. The maximum atomic E-state index is 11.0. The normalized spacial score (nSPS) is 10.3. The van der Waals surface area contributed by atoms with Crippen molar-refractivity contribution in [2.45, 2.75) is 71.1 Å². The largest absolute Gasteiger partial charge is 0.481 e. The molecule has 0 atom stereocenters. The first-order valence-corrected chi connectivity index (χ1v) is 6.40. The van der Waals surface area contributed by atoms with E-state index in [0.29, 0.717) is 18.6 Å². The van der Waals surface area contributed by atoms with Crippen LogP contribution in [0.15, 0.2) is 0 Å². The van der Waals surface area contributed by atoms with Gasteiger partial charge in [-0.15, -0.1) is 0 Å². The molecule has 16 heavy (non-hydrogen) atoms. The van der Waals surface area contributed by atoms with Crippen LogP contribution >= 0.6 is 0 Å². The molecule has 0 saturated carbocycles. The number of hydrogen-bond acceptors (Lipinski definition) is 2. The Bertz CT molecular complexity index is 199. The molecule has 0 aromatic heterocycles. The summed E-state index contributed by atoms with van der Waals surface area (Å²) in [6, 6.07) is 0. The molecule has 94 valence electrons. The molecule has 0 heterocycles. The van der Waals surface area contributed by atoms with Crippen LogP contribution in [-0.2, 0) is 9.59 Å². The van der Waals surface area contributed by atoms with E-state index < -0.39 is 5.97 Å². The molecule has 0 aliphatic rings. The Kier molecular flexibility index (Phi) is 10.1. The van der Waals surface area contributed by atoms with Gasteiger partial charge in [-0.3, -0.25) is 9.59 Å². The summed E-state index contributed by atoms with van der Waals surface area (Å²) in [7, 11) is 0. The highest BCUT2D eigenvalue weighted by molar-refractivity contribution is 5.77. The number of rotatable bonds is 11. The SMILES string of the molecule is CCC(=O)CCCCCCCCCC(=O)O. The molecule has 1 N–H and O–H groups in total. The zero-order chi connectivity index (χ0) is 12.2. The summed E-state index contributed by atoms with van der Waals surface area (Å²) in [5, 5.41) is 8.43. The average Bonchev–Trinajstić information content (AvgIpc) is 2.26. The van der Waals surface area contributed by atoms with E-state index in [2.05, 4.69) is 0 Å². The molecule has 0 fully saturated rings. The molecule has 0 unspecified atom stereocenters. The van der Waals surface area contributed by atoms with Crippen LogP contribution in [0.2, 0.25) is 0 Å². The van der Waals surface area contributed by atoms with Gasteiger partial charge in [0.15, 0.2) is 0 Å². The number of unbranched alkanes of at least 4 members (excludes halogenated alkanes) is 6. The summed E-state index contributed by atoms with van der Waals surface area (Å²) in [4.78, 5) is 21.2. The van der Waals surface area contributed by atoms with E-state index in [-0.39, 0.29) is 0 Å². The zero-order valence-corrected chi connectivity index (χ0v) is 10.3. The first kappa shape index (κ1) is 15.1. The predicted octanol–water partition coefficient (Wildman–Crippen LogP) is 3.56. The van der Waals surface area contributed by atoms with Gasteiger partial charge in [-0.05, 0) is 12.8 Å². The van der Waals surface area contributed by atoms with E-state index in [1.165, 1.54) is 12.8 Å². The monoisotopic (exact) mass is 228 g/mol. The van der Waals surface area contributed by atoms with Gasteiger partial charge in [-0.2, -0.15) is 0 Å². The lowest BCUT2D eigenvalue weighted by atomic mass is 10.1. The number of carbonyl (C=O) groups is 2. The third kappa shape index (κ3) is 11.2. The molecule has 0 bridgehead atoms. The number of Topliss-reactive ketones (excluding diaryl/α,β-unsaturated/α-hetero) is 1. The molecule has 3 heteroatoms. The number of ketones is 1. The molecule has 0 aliphatic heterocycles. The third-order valence-corrected chi connectivity index (χ3v) is 2.74. The molecule has 0 saturated heterocycles. The van der Waals surface area contributed by atoms with Crippen molar-refractivity contribution in [3.05, 3.63) is 0 Å². The quantitative estimate of drug-likeness (QED) is 0.550. The molecule has 0 radical (unpaired) electrons. The Labute approximate surface area is 98.2 Å². The number of carbonyl (C=O) groups excluding carboxylic acids is 1. The average molecular weight is 228 g/mol. The minimum absolute atomic E-state index is 0.297. The Hall–Kier alpha value is -0.860. The molecule has 0 aromatic rings. The molecule has 0 spiro atoms. The summed E-state index contributed by atoms with van der Waals surface area (Å²) in [5.74, 6) is -0.334. The van der Waals surface area contributed by atoms with Crippen molar-refractivity contribution in [3.63, 3.8) is 0 Å². The highest BCUT2D eigenvalue weighted by atomic mass is 16.4. The minimum Gasteiger partial charge on any atom is -0.481 e. The van der Waals surface area contributed by atoms with Crippen LogP contribution in [0.5, 0.6) is 0 Å². The van der Waals surface area contributed by atoms with Crippen molar-refractivity contribution in [1.82, 2.24) is 0 Å². The van der Waals surface area contributed by atoms with Crippen LogP contribution in [-0.4, -0.2) is 16.9 Å². The summed E-state index contributed by atoms with van der Waals surface area (Å²) in [5.41, 5.74) is 0. The van der Waals surface area contributed by atoms with Gasteiger partial charge in [0.05, 0.1) is 0 Å². The van der Waals surface area contributed by atoms with Gasteiger partial charge in [-0.25, -0.2) is 0 Å². The fourth-order valence-electron chi connectivity index (χ4n) is 1.66. The van der Waals surface area contributed by atoms with Crippen LogP contribution in [0.3, 0.4) is 0 Å². The van der Waals surface area contributed by atoms with Crippen LogP contribution in [0.1, 0.15) is 71.1 Å². The van der Waals surface area contributed by atoms with Gasteiger partial charge in [0, 0.05) is 19.3 Å². The van der Waals surface area contributed by atoms with E-state index in [9.17, 15) is 9.59 Å². The molecule has 0 rings (SSSR count). The maximum Gasteiger partial charge on any atom is 0.303 e. The van der Waals surface area contributed by atoms with E-state index in [1.54, 1.807) is 0 Å². The lowest BCUT2D eigenvalue weighted by molar-refractivity contribution is -0.137. The van der Waals surface area contributed by atoms with Crippen LogP contribution in [0.25, 0.3) is 0 Å². The molecular formula is C13H24O3. The summed E-state index contributed by atoms with van der Waals surface area (Å²) >= 11 is 0. The standard InChI is InChI=1S/C13H24O3/c1-2-12(14)10-8-6-4-3-5-7-9-11-13(15)16/h2-11H2,1H3,(H,15,16). The fourth-order valence-corrected chi connectivity index (χ4v) is 1.66. The maximum absolute atomic E-state index is 11.0. The lowest BCUT2D eigenvalue weighted by Gasteiger charge is -2.00. The molecule has 0 aromatic carbocycles. The van der Waals surface area contributed by atoms with Crippen molar-refractivity contribution in [2.24, 2.45) is 0 Å². The van der Waals surface area contributed by atoms with E-state index in [0.717, 1.165) is 38.5 Å². The van der Waals surface area contributed by atoms with Crippen LogP contribution in [0, 0.1) is 0 Å². The molecule has 0 amide bonds. The number of aliphatic carboxylic acids is 1. The van der Waals surface area contributed by atoms with E-state index in [4.69, 9.17) is 5.11 Å². The first-order valence-electron chi connectivity index (χ1n) is 6.40. The number of carboxylic acids is 1. The highest BCUT2D eigenvalue weighted by Crippen LogP contribution is 2.10. The topological polar surface area (TPSA) is 54.4 Å². The van der Waals surface area contributed by atoms with Crippen LogP contribution < -0.4 is 0 Å². The van der Waals surface area contributed by atoms with Gasteiger partial charge in [0.1, 0.15) is 5.78 Å². The third-order valence-electron chi connectivity index (χ3n) is 2.74. The fraction of sp³-hybridized carbons (Fsp3) is 0.846. The van der Waals surface area contributed by atoms with E-state index in [1.807, 2.05) is 6.92 Å². The van der Waals surface area contributed by atoms with Gasteiger partial charge in [0.25, 0.3) is 0 Å². The van der Waals surface area contributed by atoms with E-state index >= 15 is 0 Å². The Morgan fingerprint density at radius 1 is 0.812 bits per heavy atom. The lowest BCUT2D eigenvalue weighted by Crippen LogP contribution is -1.94. The zero-order valence-electron chi connectivity index (χ0n) is 10.3. The highest BCUT2D eigenvalue weighted by Gasteiger charge is 1.98. The second-order valence-electron chi connectivity index (χ2n) is 4.26. The summed E-state index contributed by atoms with van der Waals surface area (Å²) < 4.78 is 0. The Morgan fingerprint density at radius 2 is 1.25 bits per heavy atom. The number of hydrogen-bond donors (Lipinski definition) is 1. The van der Waals surface area contributed by atoms with Gasteiger partial charge in [-0.1, -0.05) is 39.0 Å². The summed E-state index contributed by atoms with van der Waals surface area (Å²) in [6.07, 6.45) is 9.10. The predicted molar refractivity (Wildman–Crippen MR) is 64.5 cm³/mol. The minimum atomic E-state index is -0.696. The van der Waals surface area contributed by atoms with Crippen LogP contribution in [0.4, 0.5) is 0 Å². The molecule has 3 nitrogen and oxygen atoms in total. The van der Waals surface area contributed by atoms with Gasteiger partial charge >= 0.3 is 5.97 Å².